The van der Waals surface area contributed by atoms with Crippen molar-refractivity contribution in [2.45, 2.75) is 31.2 Å². The zero-order chi connectivity index (χ0) is 16.4. The molecule has 0 bridgehead atoms. The first-order chi connectivity index (χ1) is 11.1. The maximum absolute atomic E-state index is 6.15. The van der Waals surface area contributed by atoms with Gasteiger partial charge >= 0.3 is 0 Å². The molecule has 3 rings (SSSR count). The molecule has 0 aliphatic rings. The van der Waals surface area contributed by atoms with E-state index in [1.54, 1.807) is 11.8 Å². The van der Waals surface area contributed by atoms with Crippen molar-refractivity contribution in [3.63, 3.8) is 0 Å². The van der Waals surface area contributed by atoms with Crippen LogP contribution in [0.15, 0.2) is 41.4 Å². The van der Waals surface area contributed by atoms with Gasteiger partial charge in [-0.1, -0.05) is 42.6 Å². The number of nitrogens with zero attached hydrogens (tertiary/aromatic N) is 2. The number of hydrogen-bond donors (Lipinski definition) is 0. The SMILES string of the molecule is CCCc1cc2cc(SC)cnc2n1Cc1ccc(Cl)c(Cl)c1. The molecule has 0 spiro atoms. The minimum atomic E-state index is 0.587. The van der Waals surface area contributed by atoms with Crippen LogP contribution in [-0.2, 0) is 13.0 Å². The van der Waals surface area contributed by atoms with E-state index in [4.69, 9.17) is 23.2 Å². The topological polar surface area (TPSA) is 17.8 Å². The van der Waals surface area contributed by atoms with Gasteiger partial charge in [-0.05, 0) is 42.5 Å². The number of benzene rings is 1. The molecule has 0 amide bonds. The molecule has 0 aliphatic heterocycles. The van der Waals surface area contributed by atoms with E-state index in [0.717, 1.165) is 30.6 Å². The molecule has 0 saturated heterocycles. The first kappa shape index (κ1) is 16.7. The zero-order valence-electron chi connectivity index (χ0n) is 13.1. The molecular weight excluding hydrogens is 347 g/mol. The van der Waals surface area contributed by atoms with E-state index in [1.807, 2.05) is 24.4 Å². The van der Waals surface area contributed by atoms with Gasteiger partial charge in [-0.25, -0.2) is 4.98 Å². The predicted octanol–water partition coefficient (Wildman–Crippen LogP) is 6.07. The number of thioether (sulfide) groups is 1. The van der Waals surface area contributed by atoms with E-state index < -0.39 is 0 Å². The van der Waals surface area contributed by atoms with Gasteiger partial charge in [0.1, 0.15) is 5.65 Å². The van der Waals surface area contributed by atoms with Crippen LogP contribution in [0.1, 0.15) is 24.6 Å². The fraction of sp³-hybridized carbons (Fsp3) is 0.278. The molecular formula is C18H18Cl2N2S. The molecule has 2 heterocycles. The Morgan fingerprint density at radius 3 is 2.65 bits per heavy atom. The Morgan fingerprint density at radius 2 is 1.96 bits per heavy atom. The third kappa shape index (κ3) is 3.52. The van der Waals surface area contributed by atoms with Crippen molar-refractivity contribution in [3.05, 3.63) is 57.8 Å². The smallest absolute Gasteiger partial charge is 0.140 e. The number of halogens is 2. The Hall–Kier alpha value is -1.16. The van der Waals surface area contributed by atoms with E-state index in [-0.39, 0.29) is 0 Å². The van der Waals surface area contributed by atoms with Gasteiger partial charge in [-0.3, -0.25) is 0 Å². The Morgan fingerprint density at radius 1 is 1.13 bits per heavy atom. The van der Waals surface area contributed by atoms with Gasteiger partial charge in [0.2, 0.25) is 0 Å². The number of hydrogen-bond acceptors (Lipinski definition) is 2. The third-order valence-corrected chi connectivity index (χ3v) is 5.29. The standard InChI is InChI=1S/C18H18Cl2N2S/c1-3-4-14-8-13-9-15(23-2)10-21-18(13)22(14)11-12-5-6-16(19)17(20)7-12/h5-10H,3-4,11H2,1-2H3. The van der Waals surface area contributed by atoms with Crippen LogP contribution in [-0.4, -0.2) is 15.8 Å². The average Bonchev–Trinajstić information content (AvgIpc) is 2.88. The minimum Gasteiger partial charge on any atom is -0.325 e. The molecule has 2 nitrogen and oxygen atoms in total. The summed E-state index contributed by atoms with van der Waals surface area (Å²) in [6.45, 7) is 2.95. The molecule has 0 fully saturated rings. The average molecular weight is 365 g/mol. The quantitative estimate of drug-likeness (QED) is 0.511. The van der Waals surface area contributed by atoms with Gasteiger partial charge in [-0.15, -0.1) is 11.8 Å². The fourth-order valence-corrected chi connectivity index (χ4v) is 3.48. The maximum Gasteiger partial charge on any atom is 0.140 e. The van der Waals surface area contributed by atoms with Gasteiger partial charge in [-0.2, -0.15) is 0 Å². The highest BCUT2D eigenvalue weighted by molar-refractivity contribution is 7.98. The van der Waals surface area contributed by atoms with E-state index in [9.17, 15) is 0 Å². The van der Waals surface area contributed by atoms with Gasteiger partial charge in [0.25, 0.3) is 0 Å². The molecule has 5 heteroatoms. The number of aromatic nitrogens is 2. The molecule has 0 saturated carbocycles. The molecule has 0 unspecified atom stereocenters. The van der Waals surface area contributed by atoms with Crippen molar-refractivity contribution >= 4 is 46.0 Å². The summed E-state index contributed by atoms with van der Waals surface area (Å²) in [5.41, 5.74) is 3.46. The van der Waals surface area contributed by atoms with Crippen LogP contribution in [0, 0.1) is 0 Å². The van der Waals surface area contributed by atoms with Crippen LogP contribution in [0.25, 0.3) is 11.0 Å². The zero-order valence-corrected chi connectivity index (χ0v) is 15.5. The lowest BCUT2D eigenvalue weighted by molar-refractivity contribution is 0.739. The number of fused-ring (bicyclic) bond motifs is 1. The lowest BCUT2D eigenvalue weighted by atomic mass is 10.2. The highest BCUT2D eigenvalue weighted by atomic mass is 35.5. The van der Waals surface area contributed by atoms with Gasteiger partial charge in [0, 0.05) is 28.7 Å². The summed E-state index contributed by atoms with van der Waals surface area (Å²) in [7, 11) is 0. The summed E-state index contributed by atoms with van der Waals surface area (Å²) >= 11 is 13.9. The minimum absolute atomic E-state index is 0.587. The maximum atomic E-state index is 6.15. The molecule has 23 heavy (non-hydrogen) atoms. The largest absolute Gasteiger partial charge is 0.325 e. The number of aryl methyl sites for hydroxylation is 1. The highest BCUT2D eigenvalue weighted by Crippen LogP contribution is 2.27. The molecule has 0 radical (unpaired) electrons. The Kier molecular flexibility index (Phi) is 5.20. The van der Waals surface area contributed by atoms with Gasteiger partial charge in [0.05, 0.1) is 10.0 Å². The Bertz CT molecular complexity index is 842. The molecule has 1 aromatic carbocycles. The molecule has 2 aromatic heterocycles. The first-order valence-electron chi connectivity index (χ1n) is 7.58. The summed E-state index contributed by atoms with van der Waals surface area (Å²) < 4.78 is 2.28. The van der Waals surface area contributed by atoms with E-state index in [2.05, 4.69) is 34.9 Å². The Balaban J connectivity index is 2.06. The first-order valence-corrected chi connectivity index (χ1v) is 9.56. The second-order valence-electron chi connectivity index (χ2n) is 5.51. The fourth-order valence-electron chi connectivity index (χ4n) is 2.75. The predicted molar refractivity (Wildman–Crippen MR) is 101 cm³/mol. The van der Waals surface area contributed by atoms with E-state index >= 15 is 0 Å². The van der Waals surface area contributed by atoms with Crippen molar-refractivity contribution < 1.29 is 0 Å². The summed E-state index contributed by atoms with van der Waals surface area (Å²) in [5, 5.41) is 2.37. The van der Waals surface area contributed by atoms with Crippen LogP contribution in [0.2, 0.25) is 10.0 Å². The van der Waals surface area contributed by atoms with Crippen molar-refractivity contribution in [2.24, 2.45) is 0 Å². The van der Waals surface area contributed by atoms with Gasteiger partial charge < -0.3 is 4.57 Å². The summed E-state index contributed by atoms with van der Waals surface area (Å²) in [5.74, 6) is 0. The second kappa shape index (κ2) is 7.16. The molecule has 0 aliphatic carbocycles. The lowest BCUT2D eigenvalue weighted by Crippen LogP contribution is -2.05. The normalized spacial score (nSPS) is 11.3. The van der Waals surface area contributed by atoms with Crippen LogP contribution < -0.4 is 0 Å². The number of rotatable bonds is 5. The number of pyridine rings is 1. The van der Waals surface area contributed by atoms with E-state index in [0.29, 0.717) is 10.0 Å². The summed E-state index contributed by atoms with van der Waals surface area (Å²) in [4.78, 5) is 5.86. The monoisotopic (exact) mass is 364 g/mol. The van der Waals surface area contributed by atoms with Crippen molar-refractivity contribution in [2.75, 3.05) is 6.26 Å². The summed E-state index contributed by atoms with van der Waals surface area (Å²) in [6, 6.07) is 10.3. The van der Waals surface area contributed by atoms with Crippen LogP contribution in [0.5, 0.6) is 0 Å². The molecule has 3 aromatic rings. The van der Waals surface area contributed by atoms with Crippen LogP contribution >= 0.6 is 35.0 Å². The summed E-state index contributed by atoms with van der Waals surface area (Å²) in [6.07, 6.45) is 6.15. The molecule has 120 valence electrons. The molecule has 0 N–H and O–H groups in total. The second-order valence-corrected chi connectivity index (χ2v) is 7.20. The van der Waals surface area contributed by atoms with Crippen LogP contribution in [0.4, 0.5) is 0 Å². The highest BCUT2D eigenvalue weighted by Gasteiger charge is 2.11. The van der Waals surface area contributed by atoms with Crippen molar-refractivity contribution in [1.82, 2.24) is 9.55 Å². The van der Waals surface area contributed by atoms with Crippen molar-refractivity contribution in [3.8, 4) is 0 Å². The van der Waals surface area contributed by atoms with Crippen molar-refractivity contribution in [1.29, 1.82) is 0 Å². The van der Waals surface area contributed by atoms with Crippen LogP contribution in [0.3, 0.4) is 0 Å². The van der Waals surface area contributed by atoms with Gasteiger partial charge in [0.15, 0.2) is 0 Å². The third-order valence-electron chi connectivity index (χ3n) is 3.86. The Labute approximate surface area is 150 Å². The lowest BCUT2D eigenvalue weighted by Gasteiger charge is -2.11. The molecule has 0 atom stereocenters. The van der Waals surface area contributed by atoms with E-state index in [1.165, 1.54) is 16.0 Å².